The number of hydrogen-bond donors (Lipinski definition) is 2. The molecule has 0 bridgehead atoms. The maximum Gasteiger partial charge on any atom is 0.247 e. The second kappa shape index (κ2) is 7.97. The molecule has 0 aromatic heterocycles. The van der Waals surface area contributed by atoms with Gasteiger partial charge in [0.1, 0.15) is 0 Å². The summed E-state index contributed by atoms with van der Waals surface area (Å²) >= 11 is 0. The number of hydroxylamine groups is 1. The zero-order chi connectivity index (χ0) is 10.1. The van der Waals surface area contributed by atoms with E-state index in [-0.39, 0.29) is 11.8 Å². The first-order valence-corrected chi connectivity index (χ1v) is 4.36. The van der Waals surface area contributed by atoms with Crippen LogP contribution in [0, 0.1) is 5.92 Å². The third-order valence-electron chi connectivity index (χ3n) is 1.71. The SMILES string of the molecule is CCC(CN)C(=O)NOCCOC. The van der Waals surface area contributed by atoms with Crippen molar-refractivity contribution in [2.75, 3.05) is 26.9 Å². The summed E-state index contributed by atoms with van der Waals surface area (Å²) in [6, 6.07) is 0. The monoisotopic (exact) mass is 190 g/mol. The number of methoxy groups -OCH3 is 1. The van der Waals surface area contributed by atoms with Gasteiger partial charge in [0.05, 0.1) is 19.1 Å². The highest BCUT2D eigenvalue weighted by molar-refractivity contribution is 5.77. The number of rotatable bonds is 7. The Morgan fingerprint density at radius 3 is 2.69 bits per heavy atom. The van der Waals surface area contributed by atoms with E-state index in [0.717, 1.165) is 6.42 Å². The summed E-state index contributed by atoms with van der Waals surface area (Å²) in [5.74, 6) is -0.330. The van der Waals surface area contributed by atoms with E-state index >= 15 is 0 Å². The average Bonchev–Trinajstić information content (AvgIpc) is 2.14. The molecule has 0 fully saturated rings. The van der Waals surface area contributed by atoms with Crippen molar-refractivity contribution in [1.82, 2.24) is 5.48 Å². The maximum absolute atomic E-state index is 11.2. The van der Waals surface area contributed by atoms with Gasteiger partial charge in [-0.3, -0.25) is 9.63 Å². The predicted molar refractivity (Wildman–Crippen MR) is 48.8 cm³/mol. The molecule has 0 aliphatic carbocycles. The van der Waals surface area contributed by atoms with Crippen LogP contribution in [0.15, 0.2) is 0 Å². The lowest BCUT2D eigenvalue weighted by Gasteiger charge is -2.11. The van der Waals surface area contributed by atoms with Gasteiger partial charge in [-0.1, -0.05) is 6.92 Å². The van der Waals surface area contributed by atoms with Crippen molar-refractivity contribution in [3.63, 3.8) is 0 Å². The summed E-state index contributed by atoms with van der Waals surface area (Å²) in [6.07, 6.45) is 0.718. The van der Waals surface area contributed by atoms with E-state index in [0.29, 0.717) is 19.8 Å². The lowest BCUT2D eigenvalue weighted by atomic mass is 10.1. The van der Waals surface area contributed by atoms with E-state index in [1.54, 1.807) is 7.11 Å². The molecule has 0 rings (SSSR count). The van der Waals surface area contributed by atoms with Crippen LogP contribution < -0.4 is 11.2 Å². The number of carbonyl (C=O) groups excluding carboxylic acids is 1. The van der Waals surface area contributed by atoms with E-state index < -0.39 is 0 Å². The number of amides is 1. The number of hydrogen-bond acceptors (Lipinski definition) is 4. The molecule has 1 unspecified atom stereocenters. The molecule has 0 heterocycles. The van der Waals surface area contributed by atoms with Crippen molar-refractivity contribution in [3.8, 4) is 0 Å². The van der Waals surface area contributed by atoms with Crippen molar-refractivity contribution >= 4 is 5.91 Å². The minimum Gasteiger partial charge on any atom is -0.382 e. The Kier molecular flexibility index (Phi) is 7.57. The van der Waals surface area contributed by atoms with Crippen LogP contribution in [0.2, 0.25) is 0 Å². The summed E-state index contributed by atoms with van der Waals surface area (Å²) < 4.78 is 4.74. The van der Waals surface area contributed by atoms with E-state index in [9.17, 15) is 4.79 Å². The van der Waals surface area contributed by atoms with Crippen LogP contribution >= 0.6 is 0 Å². The Hall–Kier alpha value is -0.650. The van der Waals surface area contributed by atoms with Gasteiger partial charge in [0.2, 0.25) is 5.91 Å². The van der Waals surface area contributed by atoms with Crippen LogP contribution in [-0.4, -0.2) is 32.8 Å². The molecule has 1 atom stereocenters. The van der Waals surface area contributed by atoms with Gasteiger partial charge in [0.25, 0.3) is 0 Å². The summed E-state index contributed by atoms with van der Waals surface area (Å²) in [7, 11) is 1.57. The molecule has 0 spiro atoms. The molecule has 78 valence electrons. The third-order valence-corrected chi connectivity index (χ3v) is 1.71. The van der Waals surface area contributed by atoms with E-state index in [1.165, 1.54) is 0 Å². The molecule has 0 aliphatic rings. The Bertz CT molecular complexity index is 137. The molecule has 3 N–H and O–H groups in total. The molecule has 5 nitrogen and oxygen atoms in total. The molecule has 0 radical (unpaired) electrons. The van der Waals surface area contributed by atoms with Gasteiger partial charge in [-0.15, -0.1) is 0 Å². The molecular formula is C8H18N2O3. The fourth-order valence-corrected chi connectivity index (χ4v) is 0.790. The van der Waals surface area contributed by atoms with Gasteiger partial charge in [0, 0.05) is 13.7 Å². The van der Waals surface area contributed by atoms with Crippen LogP contribution in [0.5, 0.6) is 0 Å². The van der Waals surface area contributed by atoms with Gasteiger partial charge >= 0.3 is 0 Å². The van der Waals surface area contributed by atoms with Crippen molar-refractivity contribution in [2.24, 2.45) is 11.7 Å². The van der Waals surface area contributed by atoms with Gasteiger partial charge in [-0.25, -0.2) is 5.48 Å². The minimum atomic E-state index is -0.166. The Morgan fingerprint density at radius 2 is 2.23 bits per heavy atom. The third kappa shape index (κ3) is 5.57. The molecular weight excluding hydrogens is 172 g/mol. The zero-order valence-corrected chi connectivity index (χ0v) is 8.21. The maximum atomic E-state index is 11.2. The highest BCUT2D eigenvalue weighted by atomic mass is 16.7. The van der Waals surface area contributed by atoms with Gasteiger partial charge in [-0.05, 0) is 6.42 Å². The molecule has 0 saturated heterocycles. The molecule has 5 heteroatoms. The highest BCUT2D eigenvalue weighted by Crippen LogP contribution is 1.98. The zero-order valence-electron chi connectivity index (χ0n) is 8.21. The second-order valence-corrected chi connectivity index (χ2v) is 2.65. The number of carbonyl (C=O) groups is 1. The second-order valence-electron chi connectivity index (χ2n) is 2.65. The quantitative estimate of drug-likeness (QED) is 0.425. The minimum absolute atomic E-state index is 0.164. The van der Waals surface area contributed by atoms with E-state index in [2.05, 4.69) is 5.48 Å². The Balaban J connectivity index is 3.48. The number of nitrogens with two attached hydrogens (primary N) is 1. The standard InChI is InChI=1S/C8H18N2O3/c1-3-7(6-9)8(11)10-13-5-4-12-2/h7H,3-6,9H2,1-2H3,(H,10,11). The molecule has 0 aliphatic heterocycles. The van der Waals surface area contributed by atoms with Crippen molar-refractivity contribution < 1.29 is 14.4 Å². The van der Waals surface area contributed by atoms with Crippen LogP contribution in [0.3, 0.4) is 0 Å². The summed E-state index contributed by atoms with van der Waals surface area (Å²) in [4.78, 5) is 16.1. The first kappa shape index (κ1) is 12.3. The first-order valence-electron chi connectivity index (χ1n) is 4.36. The van der Waals surface area contributed by atoms with Crippen molar-refractivity contribution in [2.45, 2.75) is 13.3 Å². The lowest BCUT2D eigenvalue weighted by molar-refractivity contribution is -0.138. The van der Waals surface area contributed by atoms with Crippen molar-refractivity contribution in [1.29, 1.82) is 0 Å². The van der Waals surface area contributed by atoms with Gasteiger partial charge in [-0.2, -0.15) is 0 Å². The first-order chi connectivity index (χ1) is 6.26. The molecule has 0 aromatic rings. The Morgan fingerprint density at radius 1 is 1.54 bits per heavy atom. The van der Waals surface area contributed by atoms with Crippen LogP contribution in [-0.2, 0) is 14.4 Å². The molecule has 0 aromatic carbocycles. The lowest BCUT2D eigenvalue weighted by Crippen LogP contribution is -2.35. The van der Waals surface area contributed by atoms with Crippen molar-refractivity contribution in [3.05, 3.63) is 0 Å². The smallest absolute Gasteiger partial charge is 0.247 e. The summed E-state index contributed by atoms with van der Waals surface area (Å²) in [5.41, 5.74) is 7.69. The van der Waals surface area contributed by atoms with Crippen LogP contribution in [0.4, 0.5) is 0 Å². The van der Waals surface area contributed by atoms with Crippen LogP contribution in [0.1, 0.15) is 13.3 Å². The number of ether oxygens (including phenoxy) is 1. The number of nitrogens with one attached hydrogen (secondary N) is 1. The molecule has 0 saturated carbocycles. The summed E-state index contributed by atoms with van der Waals surface area (Å²) in [6.45, 7) is 3.06. The largest absolute Gasteiger partial charge is 0.382 e. The topological polar surface area (TPSA) is 73.6 Å². The van der Waals surface area contributed by atoms with Crippen LogP contribution in [0.25, 0.3) is 0 Å². The molecule has 13 heavy (non-hydrogen) atoms. The van der Waals surface area contributed by atoms with Gasteiger partial charge in [0.15, 0.2) is 0 Å². The van der Waals surface area contributed by atoms with E-state index in [4.69, 9.17) is 15.3 Å². The summed E-state index contributed by atoms with van der Waals surface area (Å²) in [5, 5.41) is 0. The van der Waals surface area contributed by atoms with E-state index in [1.807, 2.05) is 6.92 Å². The normalized spacial score (nSPS) is 12.5. The average molecular weight is 190 g/mol. The fraction of sp³-hybridized carbons (Fsp3) is 0.875. The Labute approximate surface area is 78.5 Å². The van der Waals surface area contributed by atoms with Gasteiger partial charge < -0.3 is 10.5 Å². The fourth-order valence-electron chi connectivity index (χ4n) is 0.790. The highest BCUT2D eigenvalue weighted by Gasteiger charge is 2.13. The molecule has 1 amide bonds. The predicted octanol–water partition coefficient (Wildman–Crippen LogP) is -0.334.